The van der Waals surface area contributed by atoms with Crippen molar-refractivity contribution in [3.8, 4) is 0 Å². The van der Waals surface area contributed by atoms with Gasteiger partial charge in [0.05, 0.1) is 0 Å². The van der Waals surface area contributed by atoms with Crippen LogP contribution in [0.4, 0.5) is 0 Å². The SMILES string of the molecule is CCC1(C)CC1C(=O)NC1CCCC1CN. The van der Waals surface area contributed by atoms with Gasteiger partial charge < -0.3 is 11.1 Å². The van der Waals surface area contributed by atoms with Crippen molar-refractivity contribution in [2.45, 2.75) is 52.0 Å². The summed E-state index contributed by atoms with van der Waals surface area (Å²) in [6.45, 7) is 5.10. The summed E-state index contributed by atoms with van der Waals surface area (Å²) in [5, 5.41) is 3.21. The highest BCUT2D eigenvalue weighted by Crippen LogP contribution is 2.54. The van der Waals surface area contributed by atoms with Crippen LogP contribution in [0.5, 0.6) is 0 Å². The van der Waals surface area contributed by atoms with E-state index in [2.05, 4.69) is 19.2 Å². The molecule has 92 valence electrons. The first-order chi connectivity index (χ1) is 7.60. The predicted octanol–water partition coefficient (Wildman–Crippen LogP) is 1.67. The molecule has 4 unspecified atom stereocenters. The first kappa shape index (κ1) is 11.9. The molecule has 2 rings (SSSR count). The number of carbonyl (C=O) groups excluding carboxylic acids is 1. The lowest BCUT2D eigenvalue weighted by Crippen LogP contribution is -2.41. The molecule has 1 amide bonds. The summed E-state index contributed by atoms with van der Waals surface area (Å²) < 4.78 is 0. The van der Waals surface area contributed by atoms with E-state index in [0.29, 0.717) is 18.5 Å². The maximum Gasteiger partial charge on any atom is 0.223 e. The Balaban J connectivity index is 1.84. The number of hydrogen-bond donors (Lipinski definition) is 2. The van der Waals surface area contributed by atoms with Crippen molar-refractivity contribution >= 4 is 5.91 Å². The van der Waals surface area contributed by atoms with Crippen LogP contribution in [0.1, 0.15) is 46.0 Å². The lowest BCUT2D eigenvalue weighted by molar-refractivity contribution is -0.124. The lowest BCUT2D eigenvalue weighted by Gasteiger charge is -2.20. The van der Waals surface area contributed by atoms with Crippen LogP contribution < -0.4 is 11.1 Å². The Bertz CT molecular complexity index is 279. The second-order valence-electron chi connectivity index (χ2n) is 5.81. The standard InChI is InChI=1S/C13H24N2O/c1-3-13(2)7-10(13)12(16)15-11-6-4-5-9(11)8-14/h9-11H,3-8,14H2,1-2H3,(H,15,16). The van der Waals surface area contributed by atoms with E-state index in [1.54, 1.807) is 0 Å². The fourth-order valence-corrected chi connectivity index (χ4v) is 3.00. The topological polar surface area (TPSA) is 55.1 Å². The van der Waals surface area contributed by atoms with E-state index in [4.69, 9.17) is 5.73 Å². The Morgan fingerprint density at radius 2 is 2.25 bits per heavy atom. The molecule has 3 N–H and O–H groups in total. The van der Waals surface area contributed by atoms with Gasteiger partial charge in [0.15, 0.2) is 0 Å². The molecule has 0 aromatic carbocycles. The van der Waals surface area contributed by atoms with Crippen LogP contribution in [-0.2, 0) is 4.79 Å². The molecule has 2 aliphatic carbocycles. The summed E-state index contributed by atoms with van der Waals surface area (Å²) in [5.41, 5.74) is 6.00. The van der Waals surface area contributed by atoms with Gasteiger partial charge in [0.25, 0.3) is 0 Å². The fraction of sp³-hybridized carbons (Fsp3) is 0.923. The molecule has 2 saturated carbocycles. The number of amides is 1. The summed E-state index contributed by atoms with van der Waals surface area (Å²) in [5.74, 6) is 1.04. The maximum absolute atomic E-state index is 12.0. The van der Waals surface area contributed by atoms with E-state index < -0.39 is 0 Å². The van der Waals surface area contributed by atoms with Crippen molar-refractivity contribution in [3.63, 3.8) is 0 Å². The molecule has 3 nitrogen and oxygen atoms in total. The van der Waals surface area contributed by atoms with Gasteiger partial charge in [-0.3, -0.25) is 4.79 Å². The smallest absolute Gasteiger partial charge is 0.223 e. The molecular weight excluding hydrogens is 200 g/mol. The Morgan fingerprint density at radius 1 is 1.50 bits per heavy atom. The van der Waals surface area contributed by atoms with E-state index in [-0.39, 0.29) is 17.2 Å². The predicted molar refractivity (Wildman–Crippen MR) is 64.8 cm³/mol. The van der Waals surface area contributed by atoms with Crippen LogP contribution in [0.25, 0.3) is 0 Å². The summed E-state index contributed by atoms with van der Waals surface area (Å²) in [6.07, 6.45) is 5.67. The third-order valence-electron chi connectivity index (χ3n) is 4.77. The van der Waals surface area contributed by atoms with Crippen LogP contribution in [0, 0.1) is 17.3 Å². The van der Waals surface area contributed by atoms with Gasteiger partial charge in [0.2, 0.25) is 5.91 Å². The Kier molecular flexibility index (Phi) is 3.24. The third kappa shape index (κ3) is 2.10. The van der Waals surface area contributed by atoms with Crippen molar-refractivity contribution in [1.82, 2.24) is 5.32 Å². The molecule has 0 aliphatic heterocycles. The zero-order chi connectivity index (χ0) is 11.8. The van der Waals surface area contributed by atoms with Crippen LogP contribution in [0.15, 0.2) is 0 Å². The maximum atomic E-state index is 12.0. The van der Waals surface area contributed by atoms with Crippen molar-refractivity contribution in [2.75, 3.05) is 6.54 Å². The molecule has 0 radical (unpaired) electrons. The van der Waals surface area contributed by atoms with Gasteiger partial charge in [-0.1, -0.05) is 20.3 Å². The first-order valence-electron chi connectivity index (χ1n) is 6.61. The van der Waals surface area contributed by atoms with Gasteiger partial charge in [-0.15, -0.1) is 0 Å². The van der Waals surface area contributed by atoms with E-state index >= 15 is 0 Å². The highest BCUT2D eigenvalue weighted by Gasteiger charge is 2.53. The van der Waals surface area contributed by atoms with E-state index in [9.17, 15) is 4.79 Å². The minimum atomic E-state index is 0.261. The largest absolute Gasteiger partial charge is 0.353 e. The average Bonchev–Trinajstić information content (AvgIpc) is 2.78. The summed E-state index contributed by atoms with van der Waals surface area (Å²) in [6, 6.07) is 0.346. The second kappa shape index (κ2) is 4.36. The molecule has 3 heteroatoms. The zero-order valence-electron chi connectivity index (χ0n) is 10.5. The number of hydrogen-bond acceptors (Lipinski definition) is 2. The summed E-state index contributed by atoms with van der Waals surface area (Å²) in [4.78, 5) is 12.0. The Labute approximate surface area is 98.2 Å². The molecule has 0 saturated heterocycles. The number of nitrogens with two attached hydrogens (primary N) is 1. The van der Waals surface area contributed by atoms with Crippen LogP contribution in [0.2, 0.25) is 0 Å². The minimum Gasteiger partial charge on any atom is -0.353 e. The highest BCUT2D eigenvalue weighted by atomic mass is 16.2. The van der Waals surface area contributed by atoms with Gasteiger partial charge in [-0.25, -0.2) is 0 Å². The van der Waals surface area contributed by atoms with Crippen molar-refractivity contribution in [2.24, 2.45) is 23.0 Å². The zero-order valence-corrected chi connectivity index (χ0v) is 10.5. The highest BCUT2D eigenvalue weighted by molar-refractivity contribution is 5.82. The Hall–Kier alpha value is -0.570. The molecule has 0 heterocycles. The Morgan fingerprint density at radius 3 is 2.81 bits per heavy atom. The van der Waals surface area contributed by atoms with Crippen molar-refractivity contribution in [1.29, 1.82) is 0 Å². The van der Waals surface area contributed by atoms with E-state index in [0.717, 1.165) is 19.3 Å². The normalized spacial score (nSPS) is 42.1. The monoisotopic (exact) mass is 224 g/mol. The van der Waals surface area contributed by atoms with Crippen LogP contribution in [-0.4, -0.2) is 18.5 Å². The summed E-state index contributed by atoms with van der Waals surface area (Å²) in [7, 11) is 0. The fourth-order valence-electron chi connectivity index (χ4n) is 3.00. The number of nitrogens with one attached hydrogen (secondary N) is 1. The molecule has 0 aromatic heterocycles. The minimum absolute atomic E-state index is 0.261. The van der Waals surface area contributed by atoms with Gasteiger partial charge >= 0.3 is 0 Å². The molecule has 0 spiro atoms. The van der Waals surface area contributed by atoms with Crippen molar-refractivity contribution in [3.05, 3.63) is 0 Å². The lowest BCUT2D eigenvalue weighted by atomic mass is 10.0. The second-order valence-corrected chi connectivity index (χ2v) is 5.81. The third-order valence-corrected chi connectivity index (χ3v) is 4.77. The van der Waals surface area contributed by atoms with Gasteiger partial charge in [0, 0.05) is 12.0 Å². The molecular formula is C13H24N2O. The average molecular weight is 224 g/mol. The van der Waals surface area contributed by atoms with Gasteiger partial charge in [-0.05, 0) is 43.6 Å². The van der Waals surface area contributed by atoms with Crippen LogP contribution in [0.3, 0.4) is 0 Å². The van der Waals surface area contributed by atoms with Gasteiger partial charge in [-0.2, -0.15) is 0 Å². The van der Waals surface area contributed by atoms with Crippen LogP contribution >= 0.6 is 0 Å². The van der Waals surface area contributed by atoms with E-state index in [1.165, 1.54) is 12.8 Å². The van der Waals surface area contributed by atoms with Gasteiger partial charge in [0.1, 0.15) is 0 Å². The molecule has 0 bridgehead atoms. The molecule has 2 fully saturated rings. The number of carbonyl (C=O) groups is 1. The van der Waals surface area contributed by atoms with Crippen molar-refractivity contribution < 1.29 is 4.79 Å². The summed E-state index contributed by atoms with van der Waals surface area (Å²) >= 11 is 0. The van der Waals surface area contributed by atoms with E-state index in [1.807, 2.05) is 0 Å². The first-order valence-corrected chi connectivity index (χ1v) is 6.61. The molecule has 4 atom stereocenters. The molecule has 0 aromatic rings. The quantitative estimate of drug-likeness (QED) is 0.763. The molecule has 16 heavy (non-hydrogen) atoms. The molecule has 2 aliphatic rings. The number of rotatable bonds is 4.